The van der Waals surface area contributed by atoms with Crippen molar-refractivity contribution in [3.05, 3.63) is 58.9 Å². The fraction of sp³-hybridized carbons (Fsp3) is 0.133. The molecule has 0 spiro atoms. The highest BCUT2D eigenvalue weighted by Gasteiger charge is 2.25. The van der Waals surface area contributed by atoms with E-state index in [-0.39, 0.29) is 21.2 Å². The number of pyridine rings is 1. The van der Waals surface area contributed by atoms with Crippen molar-refractivity contribution in [2.45, 2.75) is 4.90 Å². The number of sulfonamides is 1. The van der Waals surface area contributed by atoms with Gasteiger partial charge in [-0.15, -0.1) is 0 Å². The number of carbonyl (C=O) groups excluding carboxylic acids is 2. The second kappa shape index (κ2) is 8.23. The number of nitrogens with zero attached hydrogens (tertiary/aromatic N) is 2. The zero-order valence-corrected chi connectivity index (χ0v) is 15.3. The Bertz CT molecular complexity index is 921. The molecule has 1 aromatic heterocycles. The third kappa shape index (κ3) is 4.35. The van der Waals surface area contributed by atoms with Gasteiger partial charge in [-0.25, -0.2) is 8.42 Å². The number of aromatic nitrogens is 1. The number of hydrazine groups is 1. The smallest absolute Gasteiger partial charge is 0.288 e. The lowest BCUT2D eigenvalue weighted by molar-refractivity contribution is -0.0258. The van der Waals surface area contributed by atoms with Crippen LogP contribution in [0.2, 0.25) is 5.02 Å². The highest BCUT2D eigenvalue weighted by atomic mass is 35.5. The summed E-state index contributed by atoms with van der Waals surface area (Å²) in [5.74, 6) is -1.36. The molecule has 1 heterocycles. The van der Waals surface area contributed by atoms with E-state index in [0.29, 0.717) is 4.47 Å². The summed E-state index contributed by atoms with van der Waals surface area (Å²) in [6.45, 7) is 0. The first-order valence-electron chi connectivity index (χ1n) is 7.11. The van der Waals surface area contributed by atoms with Crippen molar-refractivity contribution in [3.63, 3.8) is 0 Å². The minimum atomic E-state index is -4.05. The molecule has 0 radical (unpaired) electrons. The van der Waals surface area contributed by atoms with Gasteiger partial charge >= 0.3 is 0 Å². The third-order valence-electron chi connectivity index (χ3n) is 3.25. The van der Waals surface area contributed by atoms with Crippen molar-refractivity contribution >= 4 is 33.4 Å². The van der Waals surface area contributed by atoms with Crippen molar-refractivity contribution in [2.24, 2.45) is 0 Å². The van der Waals surface area contributed by atoms with E-state index < -0.39 is 21.8 Å². The Kier molecular flexibility index (Phi) is 6.27. The molecule has 26 heavy (non-hydrogen) atoms. The van der Waals surface area contributed by atoms with Crippen molar-refractivity contribution < 1.29 is 22.8 Å². The first-order chi connectivity index (χ1) is 12.3. The van der Waals surface area contributed by atoms with Crippen LogP contribution in [-0.2, 0) is 14.9 Å². The summed E-state index contributed by atoms with van der Waals surface area (Å²) in [5, 5.41) is -0.0806. The minimum Gasteiger partial charge on any atom is -0.288 e. The molecule has 138 valence electrons. The van der Waals surface area contributed by atoms with Crippen LogP contribution in [0, 0.1) is 0 Å². The number of hydrogen-bond acceptors (Lipinski definition) is 6. The largest absolute Gasteiger partial charge is 0.288 e. The molecular formula is C15H15ClN4O5S. The lowest BCUT2D eigenvalue weighted by Gasteiger charge is -2.16. The number of carbonyl (C=O) groups is 2. The van der Waals surface area contributed by atoms with Gasteiger partial charge < -0.3 is 0 Å². The molecule has 9 nitrogen and oxygen atoms in total. The van der Waals surface area contributed by atoms with Gasteiger partial charge in [-0.05, 0) is 30.3 Å². The molecule has 2 rings (SSSR count). The van der Waals surface area contributed by atoms with Gasteiger partial charge in [0.05, 0.1) is 12.1 Å². The molecule has 0 fully saturated rings. The molecule has 2 aromatic rings. The molecule has 0 aliphatic carbocycles. The molecule has 0 atom stereocenters. The van der Waals surface area contributed by atoms with Crippen LogP contribution in [0.15, 0.2) is 47.5 Å². The Hall–Kier alpha value is -2.53. The van der Waals surface area contributed by atoms with Gasteiger partial charge in [-0.2, -0.15) is 0 Å². The van der Waals surface area contributed by atoms with Gasteiger partial charge in [0.25, 0.3) is 21.8 Å². The van der Waals surface area contributed by atoms with Crippen LogP contribution in [0.4, 0.5) is 0 Å². The number of amides is 2. The second-order valence-corrected chi connectivity index (χ2v) is 7.18. The highest BCUT2D eigenvalue weighted by Crippen LogP contribution is 2.25. The van der Waals surface area contributed by atoms with Crippen LogP contribution in [0.5, 0.6) is 0 Å². The fourth-order valence-corrected chi connectivity index (χ4v) is 3.30. The van der Waals surface area contributed by atoms with E-state index in [1.807, 2.05) is 0 Å². The summed E-state index contributed by atoms with van der Waals surface area (Å²) in [4.78, 5) is 32.2. The molecule has 0 saturated carbocycles. The molecule has 0 aliphatic rings. The summed E-state index contributed by atoms with van der Waals surface area (Å²) in [5.41, 5.74) is 4.44. The maximum Gasteiger partial charge on any atom is 0.288 e. The zero-order valence-electron chi connectivity index (χ0n) is 13.8. The predicted octanol–water partition coefficient (Wildman–Crippen LogP) is 0.992. The Morgan fingerprint density at radius 3 is 2.46 bits per heavy atom. The predicted molar refractivity (Wildman–Crippen MR) is 92.6 cm³/mol. The van der Waals surface area contributed by atoms with E-state index in [4.69, 9.17) is 11.6 Å². The highest BCUT2D eigenvalue weighted by molar-refractivity contribution is 7.89. The van der Waals surface area contributed by atoms with Crippen molar-refractivity contribution in [1.82, 2.24) is 20.3 Å². The van der Waals surface area contributed by atoms with Crippen LogP contribution in [0.1, 0.15) is 20.8 Å². The first-order valence-corrected chi connectivity index (χ1v) is 8.93. The van der Waals surface area contributed by atoms with E-state index in [1.54, 1.807) is 12.1 Å². The number of benzene rings is 1. The Morgan fingerprint density at radius 1 is 1.15 bits per heavy atom. The number of halogens is 1. The van der Waals surface area contributed by atoms with Gasteiger partial charge in [-0.1, -0.05) is 22.1 Å². The molecule has 0 saturated heterocycles. The SMILES string of the molecule is CON(C)S(=O)(=O)c1cc(C(=O)NNC(=O)c2ccccn2)ccc1Cl. The van der Waals surface area contributed by atoms with Crippen LogP contribution in [0.25, 0.3) is 0 Å². The first kappa shape index (κ1) is 19.8. The summed E-state index contributed by atoms with van der Waals surface area (Å²) in [7, 11) is -1.69. The lowest BCUT2D eigenvalue weighted by atomic mass is 10.2. The monoisotopic (exact) mass is 398 g/mol. The zero-order chi connectivity index (χ0) is 19.3. The maximum atomic E-state index is 12.3. The summed E-state index contributed by atoms with van der Waals surface area (Å²) >= 11 is 5.92. The Balaban J connectivity index is 2.18. The van der Waals surface area contributed by atoms with E-state index in [9.17, 15) is 18.0 Å². The second-order valence-electron chi connectivity index (χ2n) is 4.87. The number of hydrogen-bond donors (Lipinski definition) is 2. The van der Waals surface area contributed by atoms with E-state index >= 15 is 0 Å². The van der Waals surface area contributed by atoms with E-state index in [1.165, 1.54) is 38.6 Å². The Morgan fingerprint density at radius 2 is 1.85 bits per heavy atom. The molecule has 11 heteroatoms. The molecule has 2 N–H and O–H groups in total. The van der Waals surface area contributed by atoms with Crippen LogP contribution < -0.4 is 10.9 Å². The number of hydroxylamine groups is 1. The average molecular weight is 399 g/mol. The van der Waals surface area contributed by atoms with Gasteiger partial charge in [0, 0.05) is 18.8 Å². The van der Waals surface area contributed by atoms with Crippen molar-refractivity contribution in [2.75, 3.05) is 14.2 Å². The van der Waals surface area contributed by atoms with Gasteiger partial charge in [0.15, 0.2) is 0 Å². The lowest BCUT2D eigenvalue weighted by Crippen LogP contribution is -2.42. The number of rotatable bonds is 5. The average Bonchev–Trinajstić information content (AvgIpc) is 2.65. The van der Waals surface area contributed by atoms with E-state index in [0.717, 1.165) is 6.07 Å². The van der Waals surface area contributed by atoms with Crippen molar-refractivity contribution in [3.8, 4) is 0 Å². The van der Waals surface area contributed by atoms with Gasteiger partial charge in [0.1, 0.15) is 10.6 Å². The number of nitrogens with one attached hydrogen (secondary N) is 2. The normalized spacial score (nSPS) is 11.2. The van der Waals surface area contributed by atoms with Crippen molar-refractivity contribution in [1.29, 1.82) is 0 Å². The quantitative estimate of drug-likeness (QED) is 0.725. The molecule has 0 aliphatic heterocycles. The summed E-state index contributed by atoms with van der Waals surface area (Å²) in [6.07, 6.45) is 1.43. The van der Waals surface area contributed by atoms with Crippen LogP contribution in [0.3, 0.4) is 0 Å². The Labute approximate surface area is 154 Å². The molecule has 0 bridgehead atoms. The fourth-order valence-electron chi connectivity index (χ4n) is 1.83. The summed E-state index contributed by atoms with van der Waals surface area (Å²) < 4.78 is 25.2. The van der Waals surface area contributed by atoms with Gasteiger partial charge in [-0.3, -0.25) is 30.3 Å². The van der Waals surface area contributed by atoms with Gasteiger partial charge in [0.2, 0.25) is 0 Å². The third-order valence-corrected chi connectivity index (χ3v) is 5.42. The molecule has 0 unspecified atom stereocenters. The summed E-state index contributed by atoms with van der Waals surface area (Å²) in [6, 6.07) is 8.38. The van der Waals surface area contributed by atoms with Crippen LogP contribution in [-0.4, -0.2) is 43.8 Å². The maximum absolute atomic E-state index is 12.3. The molecule has 2 amide bonds. The molecular weight excluding hydrogens is 384 g/mol. The molecule has 1 aromatic carbocycles. The standard InChI is InChI=1S/C15H15ClN4O5S/c1-20(25-2)26(23,24)13-9-10(6-7-11(13)16)14(21)18-19-15(22)12-5-3-4-8-17-12/h3-9H,1-2H3,(H,18,21)(H,19,22). The minimum absolute atomic E-state index is 0.0289. The van der Waals surface area contributed by atoms with E-state index in [2.05, 4.69) is 20.7 Å². The topological polar surface area (TPSA) is 118 Å². The van der Waals surface area contributed by atoms with Crippen LogP contribution >= 0.6 is 11.6 Å².